The van der Waals surface area contributed by atoms with E-state index in [9.17, 15) is 4.79 Å². The molecule has 23 heavy (non-hydrogen) atoms. The van der Waals surface area contributed by atoms with Gasteiger partial charge in [-0.15, -0.1) is 0 Å². The van der Waals surface area contributed by atoms with Crippen LogP contribution in [0.3, 0.4) is 0 Å². The second-order valence-electron chi connectivity index (χ2n) is 4.62. The van der Waals surface area contributed by atoms with Crippen molar-refractivity contribution in [2.24, 2.45) is 5.10 Å². The lowest BCUT2D eigenvalue weighted by atomic mass is 10.2. The molecule has 2 aromatic heterocycles. The first-order valence-electron chi connectivity index (χ1n) is 6.83. The van der Waals surface area contributed by atoms with Crippen LogP contribution in [-0.4, -0.2) is 29.4 Å². The molecule has 2 N–H and O–H groups in total. The number of carbonyl (C=O) groups excluding carboxylic acids is 1. The lowest BCUT2D eigenvalue weighted by molar-refractivity contribution is 0.0950. The van der Waals surface area contributed by atoms with Gasteiger partial charge in [-0.1, -0.05) is 0 Å². The fourth-order valence-electron chi connectivity index (χ4n) is 1.91. The summed E-state index contributed by atoms with van der Waals surface area (Å²) in [7, 11) is 1.60. The number of hydrogen-bond donors (Lipinski definition) is 2. The molecule has 7 nitrogen and oxygen atoms in total. The van der Waals surface area contributed by atoms with Gasteiger partial charge in [0.1, 0.15) is 11.4 Å². The molecule has 0 aliphatic heterocycles. The Hall–Kier alpha value is -3.35. The molecule has 116 valence electrons. The van der Waals surface area contributed by atoms with E-state index in [1.807, 2.05) is 24.3 Å². The van der Waals surface area contributed by atoms with Gasteiger partial charge >= 0.3 is 0 Å². The average Bonchev–Trinajstić information content (AvgIpc) is 3.26. The van der Waals surface area contributed by atoms with E-state index in [1.54, 1.807) is 31.6 Å². The molecule has 0 saturated carbocycles. The van der Waals surface area contributed by atoms with Crippen molar-refractivity contribution in [3.05, 3.63) is 60.0 Å². The van der Waals surface area contributed by atoms with Crippen molar-refractivity contribution in [1.82, 2.24) is 15.6 Å². The number of hydrogen-bond acceptors (Lipinski definition) is 5. The molecule has 0 bridgehead atoms. The Morgan fingerprint density at radius 3 is 2.87 bits per heavy atom. The van der Waals surface area contributed by atoms with Gasteiger partial charge in [-0.05, 0) is 42.0 Å². The minimum atomic E-state index is -0.413. The first-order chi connectivity index (χ1) is 11.3. The second kappa shape index (κ2) is 6.61. The summed E-state index contributed by atoms with van der Waals surface area (Å²) < 4.78 is 10.3. The van der Waals surface area contributed by atoms with Crippen molar-refractivity contribution in [3.8, 4) is 17.2 Å². The number of nitrogens with zero attached hydrogens (tertiary/aromatic N) is 2. The van der Waals surface area contributed by atoms with Crippen LogP contribution >= 0.6 is 0 Å². The van der Waals surface area contributed by atoms with Crippen LogP contribution in [0.2, 0.25) is 0 Å². The number of ether oxygens (including phenoxy) is 1. The Morgan fingerprint density at radius 2 is 2.17 bits per heavy atom. The van der Waals surface area contributed by atoms with Crippen LogP contribution in [-0.2, 0) is 0 Å². The molecule has 1 aromatic carbocycles. The molecule has 0 saturated heterocycles. The maximum absolute atomic E-state index is 12.0. The summed E-state index contributed by atoms with van der Waals surface area (Å²) in [5.41, 5.74) is 4.11. The van der Waals surface area contributed by atoms with Gasteiger partial charge in [-0.2, -0.15) is 10.2 Å². The molecule has 3 aromatic rings. The van der Waals surface area contributed by atoms with Crippen LogP contribution in [0.5, 0.6) is 5.75 Å². The fraction of sp³-hybridized carbons (Fsp3) is 0.0625. The number of aromatic nitrogens is 2. The number of nitrogens with one attached hydrogen (secondary N) is 2. The van der Waals surface area contributed by atoms with Gasteiger partial charge in [0.15, 0.2) is 11.5 Å². The molecule has 0 fully saturated rings. The Kier molecular flexibility index (Phi) is 4.19. The van der Waals surface area contributed by atoms with Crippen LogP contribution in [0, 0.1) is 0 Å². The molecule has 0 aliphatic rings. The molecule has 0 spiro atoms. The highest BCUT2D eigenvalue weighted by Crippen LogP contribution is 2.17. The SMILES string of the molecule is COc1ccc(C=NNC(=O)c2cc(-c3ccco3)[nH]n2)cc1. The number of furan rings is 1. The van der Waals surface area contributed by atoms with Gasteiger partial charge in [0.05, 0.1) is 19.6 Å². The third-order valence-electron chi connectivity index (χ3n) is 3.09. The van der Waals surface area contributed by atoms with E-state index in [2.05, 4.69) is 20.7 Å². The van der Waals surface area contributed by atoms with E-state index in [0.717, 1.165) is 11.3 Å². The van der Waals surface area contributed by atoms with Gasteiger partial charge in [0.25, 0.3) is 5.91 Å². The molecule has 2 heterocycles. The van der Waals surface area contributed by atoms with Crippen molar-refractivity contribution >= 4 is 12.1 Å². The lowest BCUT2D eigenvalue weighted by Gasteiger charge is -1.99. The molecular weight excluding hydrogens is 296 g/mol. The smallest absolute Gasteiger partial charge is 0.291 e. The minimum absolute atomic E-state index is 0.225. The van der Waals surface area contributed by atoms with Crippen molar-refractivity contribution in [2.75, 3.05) is 7.11 Å². The third-order valence-corrected chi connectivity index (χ3v) is 3.09. The van der Waals surface area contributed by atoms with Gasteiger partial charge in [0.2, 0.25) is 0 Å². The average molecular weight is 310 g/mol. The molecule has 1 amide bonds. The van der Waals surface area contributed by atoms with E-state index in [1.165, 1.54) is 6.21 Å². The van der Waals surface area contributed by atoms with E-state index < -0.39 is 5.91 Å². The summed E-state index contributed by atoms with van der Waals surface area (Å²) in [5, 5.41) is 10.6. The number of carbonyl (C=O) groups is 1. The molecule has 7 heteroatoms. The van der Waals surface area contributed by atoms with Crippen molar-refractivity contribution in [1.29, 1.82) is 0 Å². The number of methoxy groups -OCH3 is 1. The highest BCUT2D eigenvalue weighted by atomic mass is 16.5. The predicted octanol–water partition coefficient (Wildman–Crippen LogP) is 2.44. The Balaban J connectivity index is 1.61. The van der Waals surface area contributed by atoms with Crippen molar-refractivity contribution < 1.29 is 13.9 Å². The normalized spacial score (nSPS) is 10.8. The van der Waals surface area contributed by atoms with Crippen LogP contribution in [0.15, 0.2) is 58.2 Å². The summed E-state index contributed by atoms with van der Waals surface area (Å²) in [6, 6.07) is 12.4. The van der Waals surface area contributed by atoms with E-state index >= 15 is 0 Å². The quantitative estimate of drug-likeness (QED) is 0.559. The number of hydrazone groups is 1. The fourth-order valence-corrected chi connectivity index (χ4v) is 1.91. The van der Waals surface area contributed by atoms with Gasteiger partial charge in [0, 0.05) is 6.07 Å². The van der Waals surface area contributed by atoms with Gasteiger partial charge < -0.3 is 9.15 Å². The number of aromatic amines is 1. The second-order valence-corrected chi connectivity index (χ2v) is 4.62. The lowest BCUT2D eigenvalue weighted by Crippen LogP contribution is -2.17. The van der Waals surface area contributed by atoms with E-state index in [-0.39, 0.29) is 5.69 Å². The standard InChI is InChI=1S/C16H14N4O3/c1-22-12-6-4-11(5-7-12)10-17-20-16(21)14-9-13(18-19-14)15-3-2-8-23-15/h2-10H,1H3,(H,18,19)(H,20,21). The highest BCUT2D eigenvalue weighted by Gasteiger charge is 2.11. The number of H-pyrrole nitrogens is 1. The summed E-state index contributed by atoms with van der Waals surface area (Å²) in [5.74, 6) is 0.954. The Bertz CT molecular complexity index is 804. The minimum Gasteiger partial charge on any atom is -0.497 e. The van der Waals surface area contributed by atoms with Crippen LogP contribution in [0.25, 0.3) is 11.5 Å². The summed E-state index contributed by atoms with van der Waals surface area (Å²) in [6.45, 7) is 0. The molecule has 0 unspecified atom stereocenters. The van der Waals surface area contributed by atoms with Crippen LogP contribution < -0.4 is 10.2 Å². The van der Waals surface area contributed by atoms with Crippen LogP contribution in [0.4, 0.5) is 0 Å². The van der Waals surface area contributed by atoms with E-state index in [4.69, 9.17) is 9.15 Å². The zero-order valence-corrected chi connectivity index (χ0v) is 12.3. The summed E-state index contributed by atoms with van der Waals surface area (Å²) >= 11 is 0. The van der Waals surface area contributed by atoms with Gasteiger partial charge in [-0.25, -0.2) is 5.43 Å². The largest absolute Gasteiger partial charge is 0.497 e. The monoisotopic (exact) mass is 310 g/mol. The van der Waals surface area contributed by atoms with Crippen LogP contribution in [0.1, 0.15) is 16.1 Å². The third kappa shape index (κ3) is 3.46. The summed E-state index contributed by atoms with van der Waals surface area (Å²) in [6.07, 6.45) is 3.09. The molecule has 3 rings (SSSR count). The topological polar surface area (TPSA) is 92.5 Å². The van der Waals surface area contributed by atoms with Crippen molar-refractivity contribution in [3.63, 3.8) is 0 Å². The number of rotatable bonds is 5. The Labute approximate surface area is 132 Å². The molecular formula is C16H14N4O3. The molecule has 0 radical (unpaired) electrons. The zero-order chi connectivity index (χ0) is 16.1. The Morgan fingerprint density at radius 1 is 1.35 bits per heavy atom. The molecule has 0 atom stereocenters. The maximum Gasteiger partial charge on any atom is 0.291 e. The van der Waals surface area contributed by atoms with Crippen molar-refractivity contribution in [2.45, 2.75) is 0 Å². The highest BCUT2D eigenvalue weighted by molar-refractivity contribution is 5.93. The zero-order valence-electron chi connectivity index (χ0n) is 12.3. The summed E-state index contributed by atoms with van der Waals surface area (Å²) in [4.78, 5) is 12.0. The first-order valence-corrected chi connectivity index (χ1v) is 6.83. The van der Waals surface area contributed by atoms with Gasteiger partial charge in [-0.3, -0.25) is 9.89 Å². The first kappa shape index (κ1) is 14.6. The molecule has 0 aliphatic carbocycles. The predicted molar refractivity (Wildman–Crippen MR) is 84.3 cm³/mol. The van der Waals surface area contributed by atoms with E-state index in [0.29, 0.717) is 11.5 Å². The maximum atomic E-state index is 12.0. The number of benzene rings is 1. The number of amides is 1.